The summed E-state index contributed by atoms with van der Waals surface area (Å²) in [5.41, 5.74) is 0.849. The maximum Gasteiger partial charge on any atom is 0.238 e. The number of anilines is 1. The molecule has 2 N–H and O–H groups in total. The van der Waals surface area contributed by atoms with Crippen molar-refractivity contribution in [3.8, 4) is 0 Å². The molecule has 0 aromatic heterocycles. The summed E-state index contributed by atoms with van der Waals surface area (Å²) in [6, 6.07) is 8.39. The van der Waals surface area contributed by atoms with Crippen LogP contribution in [0.4, 0.5) is 5.69 Å². The van der Waals surface area contributed by atoms with E-state index in [1.165, 1.54) is 0 Å². The van der Waals surface area contributed by atoms with Gasteiger partial charge >= 0.3 is 0 Å². The summed E-state index contributed by atoms with van der Waals surface area (Å²) in [4.78, 5) is 16.8. The highest BCUT2D eigenvalue weighted by atomic mass is 79.9. The maximum absolute atomic E-state index is 12.1. The molecule has 1 aromatic rings. The highest BCUT2D eigenvalue weighted by Gasteiger charge is 2.28. The number of piperazine rings is 1. The van der Waals surface area contributed by atoms with Crippen LogP contribution in [0.25, 0.3) is 0 Å². The number of hydrogen-bond acceptors (Lipinski definition) is 4. The molecular weight excluding hydrogens is 332 g/mol. The highest BCUT2D eigenvalue weighted by Crippen LogP contribution is 2.14. The largest absolute Gasteiger partial charge is 0.325 e. The molecule has 0 unspecified atom stereocenters. The fourth-order valence-electron chi connectivity index (χ4n) is 2.76. The molecule has 6 heteroatoms. The lowest BCUT2D eigenvalue weighted by molar-refractivity contribution is -0.117. The normalized spacial score (nSPS) is 21.0. The Hall–Kier alpha value is -0.950. The van der Waals surface area contributed by atoms with Gasteiger partial charge in [-0.25, -0.2) is 0 Å². The number of hydrogen-bond donors (Lipinski definition) is 2. The minimum absolute atomic E-state index is 0.0658. The summed E-state index contributed by atoms with van der Waals surface area (Å²) < 4.78 is 1.02. The lowest BCUT2D eigenvalue weighted by Crippen LogP contribution is -2.61. The lowest BCUT2D eigenvalue weighted by atomic mass is 10.1. The first kappa shape index (κ1) is 15.0. The van der Waals surface area contributed by atoms with Gasteiger partial charge in [-0.3, -0.25) is 14.6 Å². The topological polar surface area (TPSA) is 47.6 Å². The molecule has 2 saturated heterocycles. The molecule has 2 fully saturated rings. The molecule has 114 valence electrons. The highest BCUT2D eigenvalue weighted by molar-refractivity contribution is 9.10. The van der Waals surface area contributed by atoms with E-state index in [4.69, 9.17) is 0 Å². The van der Waals surface area contributed by atoms with E-state index in [0.29, 0.717) is 12.6 Å². The van der Waals surface area contributed by atoms with Crippen molar-refractivity contribution in [3.05, 3.63) is 28.7 Å². The van der Waals surface area contributed by atoms with Crippen molar-refractivity contribution in [2.45, 2.75) is 6.04 Å². The van der Waals surface area contributed by atoms with E-state index in [-0.39, 0.29) is 5.91 Å². The first-order valence-electron chi connectivity index (χ1n) is 7.43. The number of halogens is 1. The van der Waals surface area contributed by atoms with Crippen molar-refractivity contribution in [2.75, 3.05) is 51.1 Å². The minimum Gasteiger partial charge on any atom is -0.325 e. The molecule has 3 rings (SSSR count). The van der Waals surface area contributed by atoms with Gasteiger partial charge in [0, 0.05) is 55.5 Å². The maximum atomic E-state index is 12.1. The van der Waals surface area contributed by atoms with E-state index in [9.17, 15) is 4.79 Å². The van der Waals surface area contributed by atoms with Gasteiger partial charge in [-0.15, -0.1) is 0 Å². The quantitative estimate of drug-likeness (QED) is 0.847. The van der Waals surface area contributed by atoms with Gasteiger partial charge in [-0.05, 0) is 24.3 Å². The summed E-state index contributed by atoms with van der Waals surface area (Å²) in [5.74, 6) is 0.0658. The number of nitrogens with zero attached hydrogens (tertiary/aromatic N) is 2. The summed E-state index contributed by atoms with van der Waals surface area (Å²) in [7, 11) is 0. The van der Waals surface area contributed by atoms with Crippen molar-refractivity contribution < 1.29 is 4.79 Å². The summed E-state index contributed by atoms with van der Waals surface area (Å²) in [6.07, 6.45) is 0. The second-order valence-electron chi connectivity index (χ2n) is 5.68. The van der Waals surface area contributed by atoms with E-state index in [1.54, 1.807) is 0 Å². The Morgan fingerprint density at radius 2 is 1.86 bits per heavy atom. The van der Waals surface area contributed by atoms with Crippen LogP contribution in [0.5, 0.6) is 0 Å². The summed E-state index contributed by atoms with van der Waals surface area (Å²) in [5, 5.41) is 6.26. The number of benzene rings is 1. The SMILES string of the molecule is O=C(CN1CCN(C2CNC2)CC1)Nc1ccc(Br)cc1. The smallest absolute Gasteiger partial charge is 0.238 e. The van der Waals surface area contributed by atoms with Crippen LogP contribution in [-0.4, -0.2) is 67.6 Å². The van der Waals surface area contributed by atoms with Crippen LogP contribution in [0.3, 0.4) is 0 Å². The van der Waals surface area contributed by atoms with E-state index >= 15 is 0 Å². The van der Waals surface area contributed by atoms with Gasteiger partial charge in [-0.1, -0.05) is 15.9 Å². The van der Waals surface area contributed by atoms with E-state index < -0.39 is 0 Å². The predicted octanol–water partition coefficient (Wildman–Crippen LogP) is 0.977. The number of rotatable bonds is 4. The zero-order chi connectivity index (χ0) is 14.7. The number of nitrogens with one attached hydrogen (secondary N) is 2. The van der Waals surface area contributed by atoms with Crippen LogP contribution in [0.1, 0.15) is 0 Å². The second kappa shape index (κ2) is 6.87. The van der Waals surface area contributed by atoms with E-state index in [0.717, 1.165) is 49.4 Å². The second-order valence-corrected chi connectivity index (χ2v) is 6.59. The van der Waals surface area contributed by atoms with Crippen molar-refractivity contribution in [2.24, 2.45) is 0 Å². The first-order valence-corrected chi connectivity index (χ1v) is 8.22. The Bertz CT molecular complexity index is 481. The standard InChI is InChI=1S/C15H21BrN4O/c16-12-1-3-13(4-2-12)18-15(21)11-19-5-7-20(8-6-19)14-9-17-10-14/h1-4,14,17H,5-11H2,(H,18,21). The third-order valence-electron chi connectivity index (χ3n) is 4.18. The van der Waals surface area contributed by atoms with Crippen LogP contribution in [0.15, 0.2) is 28.7 Å². The molecule has 0 atom stereocenters. The Morgan fingerprint density at radius 1 is 1.19 bits per heavy atom. The first-order chi connectivity index (χ1) is 10.2. The van der Waals surface area contributed by atoms with Gasteiger partial charge in [0.05, 0.1) is 6.54 Å². The molecule has 0 spiro atoms. The minimum atomic E-state index is 0.0658. The number of carbonyl (C=O) groups is 1. The van der Waals surface area contributed by atoms with E-state index in [1.807, 2.05) is 24.3 Å². The zero-order valence-electron chi connectivity index (χ0n) is 12.0. The Kier molecular flexibility index (Phi) is 4.90. The van der Waals surface area contributed by atoms with Crippen molar-refractivity contribution in [1.82, 2.24) is 15.1 Å². The van der Waals surface area contributed by atoms with Crippen molar-refractivity contribution in [3.63, 3.8) is 0 Å². The lowest BCUT2D eigenvalue weighted by Gasteiger charge is -2.43. The Labute approximate surface area is 133 Å². The molecule has 0 radical (unpaired) electrons. The van der Waals surface area contributed by atoms with Gasteiger partial charge in [0.15, 0.2) is 0 Å². The Morgan fingerprint density at radius 3 is 2.43 bits per heavy atom. The van der Waals surface area contributed by atoms with Gasteiger partial charge in [0.25, 0.3) is 0 Å². The number of amides is 1. The van der Waals surface area contributed by atoms with Gasteiger partial charge in [0.1, 0.15) is 0 Å². The fraction of sp³-hybridized carbons (Fsp3) is 0.533. The molecular formula is C15H21BrN4O. The Balaban J connectivity index is 1.42. The molecule has 1 amide bonds. The molecule has 2 heterocycles. The summed E-state index contributed by atoms with van der Waals surface area (Å²) >= 11 is 3.39. The molecule has 1 aromatic carbocycles. The molecule has 2 aliphatic rings. The average molecular weight is 353 g/mol. The summed E-state index contributed by atoms with van der Waals surface area (Å²) in [6.45, 7) is 6.80. The molecule has 0 bridgehead atoms. The molecule has 0 saturated carbocycles. The monoisotopic (exact) mass is 352 g/mol. The fourth-order valence-corrected chi connectivity index (χ4v) is 3.02. The van der Waals surface area contributed by atoms with Crippen LogP contribution in [-0.2, 0) is 4.79 Å². The predicted molar refractivity (Wildman–Crippen MR) is 87.4 cm³/mol. The van der Waals surface area contributed by atoms with Gasteiger partial charge < -0.3 is 10.6 Å². The molecule has 5 nitrogen and oxygen atoms in total. The average Bonchev–Trinajstić information content (AvgIpc) is 2.42. The molecule has 0 aliphatic carbocycles. The van der Waals surface area contributed by atoms with Crippen molar-refractivity contribution in [1.29, 1.82) is 0 Å². The van der Waals surface area contributed by atoms with Crippen LogP contribution in [0, 0.1) is 0 Å². The van der Waals surface area contributed by atoms with Crippen LogP contribution >= 0.6 is 15.9 Å². The van der Waals surface area contributed by atoms with Gasteiger partial charge in [-0.2, -0.15) is 0 Å². The van der Waals surface area contributed by atoms with Crippen LogP contribution < -0.4 is 10.6 Å². The molecule has 2 aliphatic heterocycles. The van der Waals surface area contributed by atoms with Crippen molar-refractivity contribution >= 4 is 27.5 Å². The third kappa shape index (κ3) is 4.03. The molecule has 21 heavy (non-hydrogen) atoms. The van der Waals surface area contributed by atoms with Crippen LogP contribution in [0.2, 0.25) is 0 Å². The number of carbonyl (C=O) groups excluding carboxylic acids is 1. The third-order valence-corrected chi connectivity index (χ3v) is 4.71. The van der Waals surface area contributed by atoms with Gasteiger partial charge in [0.2, 0.25) is 5.91 Å². The zero-order valence-corrected chi connectivity index (χ0v) is 13.6. The van der Waals surface area contributed by atoms with E-state index in [2.05, 4.69) is 36.4 Å².